The topological polar surface area (TPSA) is 70.2 Å². The third-order valence-corrected chi connectivity index (χ3v) is 5.29. The van der Waals surface area contributed by atoms with Gasteiger partial charge in [0.05, 0.1) is 18.8 Å². The fourth-order valence-corrected chi connectivity index (χ4v) is 3.68. The summed E-state index contributed by atoms with van der Waals surface area (Å²) < 4.78 is 31.5. The molecule has 1 saturated heterocycles. The molecule has 1 atom stereocenters. The summed E-state index contributed by atoms with van der Waals surface area (Å²) >= 11 is 0. The molecule has 31 heavy (non-hydrogen) atoms. The number of carbonyl (C=O) groups excluding carboxylic acids is 1. The molecule has 4 rings (SSSR count). The van der Waals surface area contributed by atoms with E-state index >= 15 is 0 Å². The van der Waals surface area contributed by atoms with Crippen molar-refractivity contribution in [2.75, 3.05) is 31.6 Å². The second kappa shape index (κ2) is 9.70. The van der Waals surface area contributed by atoms with Crippen LogP contribution in [0.1, 0.15) is 23.7 Å². The Morgan fingerprint density at radius 3 is 2.58 bits per heavy atom. The number of nitrogens with one attached hydrogen (secondary N) is 2. The SMILES string of the molecule is O=C(CN1CC[C@@H](c2cc(CCOc3ccc(F)cc3)[nH]n2)C1)Nc1ccc(F)cc1. The van der Waals surface area contributed by atoms with Gasteiger partial charge in [-0.1, -0.05) is 0 Å². The van der Waals surface area contributed by atoms with Crippen LogP contribution >= 0.6 is 0 Å². The molecule has 1 aromatic heterocycles. The predicted octanol–water partition coefficient (Wildman–Crippen LogP) is 3.74. The van der Waals surface area contributed by atoms with Crippen molar-refractivity contribution in [3.8, 4) is 5.75 Å². The molecule has 0 aliphatic carbocycles. The lowest BCUT2D eigenvalue weighted by atomic mass is 10.0. The van der Waals surface area contributed by atoms with E-state index in [2.05, 4.69) is 20.4 Å². The standard InChI is InChI=1S/C23H24F2N4O2/c24-17-1-5-19(6-2-17)26-23(30)15-29-11-9-16(14-29)22-13-20(27-28-22)10-12-31-21-7-3-18(25)4-8-21/h1-8,13,16H,9-12,14-15H2,(H,26,30)(H,27,28)/t16-/m1/s1. The summed E-state index contributed by atoms with van der Waals surface area (Å²) in [7, 11) is 0. The number of carbonyl (C=O) groups is 1. The van der Waals surface area contributed by atoms with Crippen molar-refractivity contribution < 1.29 is 18.3 Å². The van der Waals surface area contributed by atoms with Crippen molar-refractivity contribution in [2.45, 2.75) is 18.8 Å². The Hall–Kier alpha value is -3.26. The Balaban J connectivity index is 1.22. The molecule has 162 valence electrons. The lowest BCUT2D eigenvalue weighted by Gasteiger charge is -2.15. The zero-order valence-electron chi connectivity index (χ0n) is 17.0. The summed E-state index contributed by atoms with van der Waals surface area (Å²) in [6.45, 7) is 2.33. The molecule has 0 bridgehead atoms. The van der Waals surface area contributed by atoms with E-state index in [1.165, 1.54) is 24.3 Å². The molecule has 2 aromatic carbocycles. The minimum atomic E-state index is -0.333. The van der Waals surface area contributed by atoms with Crippen LogP contribution in [0.3, 0.4) is 0 Å². The molecule has 3 aromatic rings. The Labute approximate surface area is 179 Å². The normalized spacial score (nSPS) is 16.4. The number of nitrogens with zero attached hydrogens (tertiary/aromatic N) is 2. The molecule has 1 aliphatic heterocycles. The highest BCUT2D eigenvalue weighted by Gasteiger charge is 2.27. The van der Waals surface area contributed by atoms with Crippen LogP contribution < -0.4 is 10.1 Å². The molecule has 2 N–H and O–H groups in total. The van der Waals surface area contributed by atoms with Crippen LogP contribution in [-0.2, 0) is 11.2 Å². The van der Waals surface area contributed by atoms with Crippen LogP contribution in [0, 0.1) is 11.6 Å². The maximum atomic E-state index is 13.0. The number of aromatic nitrogens is 2. The highest BCUT2D eigenvalue weighted by atomic mass is 19.1. The summed E-state index contributed by atoms with van der Waals surface area (Å²) in [4.78, 5) is 14.3. The van der Waals surface area contributed by atoms with Gasteiger partial charge in [-0.2, -0.15) is 5.10 Å². The van der Waals surface area contributed by atoms with Gasteiger partial charge in [-0.15, -0.1) is 0 Å². The lowest BCUT2D eigenvalue weighted by molar-refractivity contribution is -0.117. The number of rotatable bonds is 8. The van der Waals surface area contributed by atoms with Gasteiger partial charge in [0.1, 0.15) is 17.4 Å². The van der Waals surface area contributed by atoms with Gasteiger partial charge in [-0.3, -0.25) is 14.8 Å². The van der Waals surface area contributed by atoms with Crippen molar-refractivity contribution in [2.24, 2.45) is 0 Å². The second-order valence-electron chi connectivity index (χ2n) is 7.65. The third-order valence-electron chi connectivity index (χ3n) is 5.29. The van der Waals surface area contributed by atoms with Crippen LogP contribution in [0.2, 0.25) is 0 Å². The fraction of sp³-hybridized carbons (Fsp3) is 0.304. The van der Waals surface area contributed by atoms with Crippen LogP contribution in [0.4, 0.5) is 14.5 Å². The van der Waals surface area contributed by atoms with Crippen molar-refractivity contribution >= 4 is 11.6 Å². The van der Waals surface area contributed by atoms with Gasteiger partial charge in [0.25, 0.3) is 0 Å². The quantitative estimate of drug-likeness (QED) is 0.576. The van der Waals surface area contributed by atoms with E-state index in [1.54, 1.807) is 24.3 Å². The number of likely N-dealkylation sites (tertiary alicyclic amines) is 1. The Kier molecular flexibility index (Phi) is 6.57. The van der Waals surface area contributed by atoms with Gasteiger partial charge in [-0.05, 0) is 67.6 Å². The number of aromatic amines is 1. The molecule has 0 unspecified atom stereocenters. The summed E-state index contributed by atoms with van der Waals surface area (Å²) in [5.41, 5.74) is 2.55. The number of ether oxygens (including phenoxy) is 1. The second-order valence-corrected chi connectivity index (χ2v) is 7.65. The third kappa shape index (κ3) is 5.88. The summed E-state index contributed by atoms with van der Waals surface area (Å²) in [5.74, 6) is 0.158. The van der Waals surface area contributed by atoms with E-state index in [9.17, 15) is 13.6 Å². The predicted molar refractivity (Wildman–Crippen MR) is 113 cm³/mol. The van der Waals surface area contributed by atoms with Crippen LogP contribution in [0.5, 0.6) is 5.75 Å². The Morgan fingerprint density at radius 1 is 1.13 bits per heavy atom. The summed E-state index contributed by atoms with van der Waals surface area (Å²) in [5, 5.41) is 10.3. The summed E-state index contributed by atoms with van der Waals surface area (Å²) in [6, 6.07) is 13.7. The number of hydrogen-bond donors (Lipinski definition) is 2. The lowest BCUT2D eigenvalue weighted by Crippen LogP contribution is -2.31. The maximum absolute atomic E-state index is 13.0. The number of H-pyrrole nitrogens is 1. The van der Waals surface area contributed by atoms with E-state index in [0.717, 1.165) is 30.9 Å². The van der Waals surface area contributed by atoms with Gasteiger partial charge in [0.15, 0.2) is 0 Å². The van der Waals surface area contributed by atoms with E-state index < -0.39 is 0 Å². The highest BCUT2D eigenvalue weighted by Crippen LogP contribution is 2.26. The Bertz CT molecular complexity index is 1010. The zero-order chi connectivity index (χ0) is 21.6. The molecule has 1 fully saturated rings. The van der Waals surface area contributed by atoms with Crippen molar-refractivity contribution in [1.29, 1.82) is 0 Å². The first-order valence-electron chi connectivity index (χ1n) is 10.3. The monoisotopic (exact) mass is 426 g/mol. The number of amides is 1. The molecular weight excluding hydrogens is 402 g/mol. The number of anilines is 1. The minimum Gasteiger partial charge on any atom is -0.493 e. The molecule has 6 nitrogen and oxygen atoms in total. The molecule has 1 amide bonds. The van der Waals surface area contributed by atoms with E-state index in [0.29, 0.717) is 24.5 Å². The van der Waals surface area contributed by atoms with E-state index in [-0.39, 0.29) is 30.0 Å². The zero-order valence-corrected chi connectivity index (χ0v) is 17.0. The van der Waals surface area contributed by atoms with Gasteiger partial charge in [0.2, 0.25) is 5.91 Å². The van der Waals surface area contributed by atoms with E-state index in [4.69, 9.17) is 4.74 Å². The van der Waals surface area contributed by atoms with Gasteiger partial charge in [0, 0.05) is 30.3 Å². The highest BCUT2D eigenvalue weighted by molar-refractivity contribution is 5.92. The molecule has 1 aliphatic rings. The average molecular weight is 426 g/mol. The summed E-state index contributed by atoms with van der Waals surface area (Å²) in [6.07, 6.45) is 1.60. The number of halogens is 2. The molecule has 0 radical (unpaired) electrons. The average Bonchev–Trinajstić information content (AvgIpc) is 3.41. The smallest absolute Gasteiger partial charge is 0.238 e. The minimum absolute atomic E-state index is 0.118. The molecule has 0 saturated carbocycles. The van der Waals surface area contributed by atoms with Crippen LogP contribution in [0.25, 0.3) is 0 Å². The van der Waals surface area contributed by atoms with Gasteiger partial charge >= 0.3 is 0 Å². The maximum Gasteiger partial charge on any atom is 0.238 e. The number of hydrogen-bond acceptors (Lipinski definition) is 4. The largest absolute Gasteiger partial charge is 0.493 e. The first-order chi connectivity index (χ1) is 15.0. The fourth-order valence-electron chi connectivity index (χ4n) is 3.68. The Morgan fingerprint density at radius 2 is 1.84 bits per heavy atom. The molecule has 8 heteroatoms. The van der Waals surface area contributed by atoms with Gasteiger partial charge in [-0.25, -0.2) is 8.78 Å². The van der Waals surface area contributed by atoms with Gasteiger partial charge < -0.3 is 10.1 Å². The van der Waals surface area contributed by atoms with Crippen LogP contribution in [-0.4, -0.2) is 47.2 Å². The molecule has 2 heterocycles. The molecular formula is C23H24F2N4O2. The first-order valence-corrected chi connectivity index (χ1v) is 10.3. The van der Waals surface area contributed by atoms with Crippen molar-refractivity contribution in [1.82, 2.24) is 15.1 Å². The molecule has 0 spiro atoms. The van der Waals surface area contributed by atoms with Crippen molar-refractivity contribution in [3.63, 3.8) is 0 Å². The van der Waals surface area contributed by atoms with E-state index in [1.807, 2.05) is 6.07 Å². The number of benzene rings is 2. The van der Waals surface area contributed by atoms with Crippen LogP contribution in [0.15, 0.2) is 54.6 Å². The van der Waals surface area contributed by atoms with Crippen molar-refractivity contribution in [3.05, 3.63) is 77.6 Å². The first kappa shape index (κ1) is 21.0.